The molecule has 2 rings (SSSR count). The maximum Gasteiger partial charge on any atom is 0.137 e. The summed E-state index contributed by atoms with van der Waals surface area (Å²) < 4.78 is 1.84. The van der Waals surface area contributed by atoms with Crippen molar-refractivity contribution in [1.82, 2.24) is 14.7 Å². The van der Waals surface area contributed by atoms with Crippen molar-refractivity contribution >= 4 is 11.7 Å². The van der Waals surface area contributed by atoms with Crippen LogP contribution in [0.1, 0.15) is 18.2 Å². The molecule has 0 radical (unpaired) electrons. The molecule has 18 heavy (non-hydrogen) atoms. The van der Waals surface area contributed by atoms with E-state index in [2.05, 4.69) is 28.9 Å². The quantitative estimate of drug-likeness (QED) is 0.579. The summed E-state index contributed by atoms with van der Waals surface area (Å²) in [4.78, 5) is 4.62. The van der Waals surface area contributed by atoms with Gasteiger partial charge >= 0.3 is 0 Å². The molecule has 6 nitrogen and oxygen atoms in total. The first-order chi connectivity index (χ1) is 8.41. The van der Waals surface area contributed by atoms with Gasteiger partial charge in [0.25, 0.3) is 0 Å². The molecule has 0 aromatic carbocycles. The number of hydrogen-bond acceptors (Lipinski definition) is 4. The fourth-order valence-electron chi connectivity index (χ4n) is 2.56. The average Bonchev–Trinajstić information content (AvgIpc) is 2.57. The number of rotatable bonds is 2. The summed E-state index contributed by atoms with van der Waals surface area (Å²) in [7, 11) is 4.06. The highest BCUT2D eigenvalue weighted by Crippen LogP contribution is 2.24. The molecule has 0 amide bonds. The van der Waals surface area contributed by atoms with Crippen molar-refractivity contribution in [2.75, 3.05) is 31.6 Å². The van der Waals surface area contributed by atoms with Gasteiger partial charge in [-0.3, -0.25) is 10.1 Å². The van der Waals surface area contributed by atoms with Gasteiger partial charge in [0, 0.05) is 32.7 Å². The summed E-state index contributed by atoms with van der Waals surface area (Å²) in [5.74, 6) is 1.07. The number of nitrogen functional groups attached to an aromatic ring is 1. The molecule has 1 saturated heterocycles. The van der Waals surface area contributed by atoms with Gasteiger partial charge in [-0.15, -0.1) is 0 Å². The number of piperazine rings is 1. The zero-order valence-electron chi connectivity index (χ0n) is 11.6. The Morgan fingerprint density at radius 2 is 2.06 bits per heavy atom. The second kappa shape index (κ2) is 4.61. The fourth-order valence-corrected chi connectivity index (χ4v) is 2.56. The molecule has 1 aliphatic rings. The number of nitrogens with two attached hydrogens (primary N) is 1. The fraction of sp³-hybridized carbons (Fsp3) is 0.667. The average molecular weight is 250 g/mol. The number of hydrogen-bond donors (Lipinski definition) is 2. The van der Waals surface area contributed by atoms with Crippen LogP contribution in [0.3, 0.4) is 0 Å². The normalized spacial score (nSPS) is 21.3. The number of anilines is 1. The number of aromatic nitrogens is 2. The van der Waals surface area contributed by atoms with Gasteiger partial charge in [0.1, 0.15) is 11.7 Å². The summed E-state index contributed by atoms with van der Waals surface area (Å²) in [6.45, 7) is 7.02. The van der Waals surface area contributed by atoms with Crippen LogP contribution in [-0.4, -0.2) is 53.2 Å². The molecule has 1 fully saturated rings. The van der Waals surface area contributed by atoms with Crippen LogP contribution < -0.4 is 10.6 Å². The van der Waals surface area contributed by atoms with E-state index in [9.17, 15) is 0 Å². The molecular weight excluding hydrogens is 228 g/mol. The summed E-state index contributed by atoms with van der Waals surface area (Å²) >= 11 is 0. The Morgan fingerprint density at radius 3 is 2.61 bits per heavy atom. The number of amidine groups is 1. The van der Waals surface area contributed by atoms with Gasteiger partial charge in [-0.1, -0.05) is 0 Å². The van der Waals surface area contributed by atoms with E-state index in [-0.39, 0.29) is 5.84 Å². The minimum Gasteiger partial charge on any atom is -0.384 e. The van der Waals surface area contributed by atoms with Crippen LogP contribution in [0.5, 0.6) is 0 Å². The first-order valence-corrected chi connectivity index (χ1v) is 6.25. The molecule has 0 bridgehead atoms. The van der Waals surface area contributed by atoms with Gasteiger partial charge in [0.2, 0.25) is 0 Å². The van der Waals surface area contributed by atoms with Gasteiger partial charge in [-0.2, -0.15) is 5.10 Å². The lowest BCUT2D eigenvalue weighted by Crippen LogP contribution is -2.51. The predicted molar refractivity (Wildman–Crippen MR) is 73.3 cm³/mol. The van der Waals surface area contributed by atoms with Crippen LogP contribution in [-0.2, 0) is 7.05 Å². The third-order valence-corrected chi connectivity index (χ3v) is 3.72. The van der Waals surface area contributed by atoms with Gasteiger partial charge in [-0.05, 0) is 20.9 Å². The number of nitrogens with zero attached hydrogens (tertiary/aromatic N) is 4. The number of nitrogens with one attached hydrogen (secondary N) is 1. The van der Waals surface area contributed by atoms with E-state index in [1.807, 2.05) is 18.7 Å². The zero-order chi connectivity index (χ0) is 13.4. The van der Waals surface area contributed by atoms with Crippen molar-refractivity contribution in [3.8, 4) is 0 Å². The molecule has 1 aromatic heterocycles. The van der Waals surface area contributed by atoms with Crippen molar-refractivity contribution in [2.45, 2.75) is 19.9 Å². The molecule has 1 atom stereocenters. The monoisotopic (exact) mass is 250 g/mol. The molecule has 0 aliphatic carbocycles. The molecule has 2 heterocycles. The molecule has 0 saturated carbocycles. The summed E-state index contributed by atoms with van der Waals surface area (Å²) in [5.41, 5.74) is 7.29. The molecule has 0 spiro atoms. The van der Waals surface area contributed by atoms with Gasteiger partial charge in [0.15, 0.2) is 0 Å². The third kappa shape index (κ3) is 2.08. The van der Waals surface area contributed by atoms with Crippen LogP contribution >= 0.6 is 0 Å². The lowest BCUT2D eigenvalue weighted by Gasteiger charge is -2.39. The Morgan fingerprint density at radius 1 is 1.39 bits per heavy atom. The van der Waals surface area contributed by atoms with E-state index in [1.54, 1.807) is 0 Å². The first-order valence-electron chi connectivity index (χ1n) is 6.25. The Bertz CT molecular complexity index is 463. The minimum atomic E-state index is 0.0992. The van der Waals surface area contributed by atoms with E-state index in [0.29, 0.717) is 6.04 Å². The van der Waals surface area contributed by atoms with E-state index in [4.69, 9.17) is 11.1 Å². The molecule has 100 valence electrons. The standard InChI is InChI=1S/C12H22N6/c1-8-7-18(6-5-16(8)3)12-10(11(13)14)9(2)15-17(12)4/h8H,5-7H2,1-4H3,(H3,13,14). The zero-order valence-corrected chi connectivity index (χ0v) is 11.6. The van der Waals surface area contributed by atoms with Crippen molar-refractivity contribution < 1.29 is 0 Å². The lowest BCUT2D eigenvalue weighted by atomic mass is 10.1. The number of aryl methyl sites for hydroxylation is 2. The smallest absolute Gasteiger partial charge is 0.137 e. The highest BCUT2D eigenvalue weighted by atomic mass is 15.4. The van der Waals surface area contributed by atoms with E-state index < -0.39 is 0 Å². The van der Waals surface area contributed by atoms with Gasteiger partial charge in [0.05, 0.1) is 11.3 Å². The second-order valence-corrected chi connectivity index (χ2v) is 5.10. The molecule has 1 aliphatic heterocycles. The SMILES string of the molecule is Cc1nn(C)c(N2CCN(C)C(C)C2)c1C(=N)N. The van der Waals surface area contributed by atoms with Crippen LogP contribution in [0.15, 0.2) is 0 Å². The highest BCUT2D eigenvalue weighted by Gasteiger charge is 2.26. The van der Waals surface area contributed by atoms with Crippen molar-refractivity contribution in [1.29, 1.82) is 5.41 Å². The van der Waals surface area contributed by atoms with Gasteiger partial charge < -0.3 is 15.5 Å². The van der Waals surface area contributed by atoms with E-state index in [1.165, 1.54) is 0 Å². The largest absolute Gasteiger partial charge is 0.384 e. The minimum absolute atomic E-state index is 0.0992. The van der Waals surface area contributed by atoms with Crippen LogP contribution in [0.4, 0.5) is 5.82 Å². The summed E-state index contributed by atoms with van der Waals surface area (Å²) in [6, 6.07) is 0.494. The summed E-state index contributed by atoms with van der Waals surface area (Å²) in [5, 5.41) is 12.1. The van der Waals surface area contributed by atoms with Crippen LogP contribution in [0.25, 0.3) is 0 Å². The Balaban J connectivity index is 2.36. The Kier molecular flexibility index (Phi) is 3.30. The molecule has 1 aromatic rings. The second-order valence-electron chi connectivity index (χ2n) is 5.10. The van der Waals surface area contributed by atoms with Crippen LogP contribution in [0, 0.1) is 12.3 Å². The maximum atomic E-state index is 7.73. The van der Waals surface area contributed by atoms with Crippen molar-refractivity contribution in [3.63, 3.8) is 0 Å². The maximum absolute atomic E-state index is 7.73. The number of likely N-dealkylation sites (N-methyl/N-ethyl adjacent to an activating group) is 1. The Labute approximate surface area is 108 Å². The van der Waals surface area contributed by atoms with E-state index in [0.717, 1.165) is 36.7 Å². The molecular formula is C12H22N6. The van der Waals surface area contributed by atoms with Crippen molar-refractivity contribution in [2.24, 2.45) is 12.8 Å². The van der Waals surface area contributed by atoms with E-state index >= 15 is 0 Å². The summed E-state index contributed by atoms with van der Waals surface area (Å²) in [6.07, 6.45) is 0. The van der Waals surface area contributed by atoms with Gasteiger partial charge in [-0.25, -0.2) is 0 Å². The first kappa shape index (κ1) is 12.9. The highest BCUT2D eigenvalue weighted by molar-refractivity contribution is 6.00. The van der Waals surface area contributed by atoms with Crippen molar-refractivity contribution in [3.05, 3.63) is 11.3 Å². The topological polar surface area (TPSA) is 74.2 Å². The predicted octanol–water partition coefficient (Wildman–Crippen LogP) is 0.153. The molecule has 3 N–H and O–H groups in total. The lowest BCUT2D eigenvalue weighted by molar-refractivity contribution is 0.232. The Hall–Kier alpha value is -1.56. The molecule has 1 unspecified atom stereocenters. The van der Waals surface area contributed by atoms with Crippen LogP contribution in [0.2, 0.25) is 0 Å². The third-order valence-electron chi connectivity index (χ3n) is 3.72. The molecule has 6 heteroatoms.